The standard InChI is InChI=1S/C32H41N7O/c1-4-5-8-30(36-32(3)15-6-7-16-32)39(22-40)21-24-9-11-25(12-10-24)29-18-26(27-17-23(2)19-35-20-27)13-14-28(29)31(33)37-38-34/h9-14,17-20,22,38H,4-8,15-16,21,34H2,1-3H3,(H2,33,37). The molecule has 2 aromatic carbocycles. The van der Waals surface area contributed by atoms with E-state index < -0.39 is 0 Å². The Balaban J connectivity index is 1.65. The summed E-state index contributed by atoms with van der Waals surface area (Å²) in [7, 11) is 0. The zero-order valence-electron chi connectivity index (χ0n) is 23.9. The summed E-state index contributed by atoms with van der Waals surface area (Å²) in [5.74, 6) is 6.60. The Hall–Kier alpha value is -4.04. The van der Waals surface area contributed by atoms with Crippen molar-refractivity contribution in [3.63, 3.8) is 0 Å². The molecule has 210 valence electrons. The Morgan fingerprint density at radius 3 is 2.45 bits per heavy atom. The van der Waals surface area contributed by atoms with E-state index in [2.05, 4.69) is 65.9 Å². The quantitative estimate of drug-likeness (QED) is 0.0950. The number of aromatic nitrogens is 1. The minimum absolute atomic E-state index is 0.0672. The summed E-state index contributed by atoms with van der Waals surface area (Å²) < 4.78 is 0. The summed E-state index contributed by atoms with van der Waals surface area (Å²) in [6.07, 6.45) is 12.0. The third kappa shape index (κ3) is 7.12. The first kappa shape index (κ1) is 29.0. The van der Waals surface area contributed by atoms with E-state index in [0.717, 1.165) is 83.3 Å². The fourth-order valence-corrected chi connectivity index (χ4v) is 5.36. The second-order valence-electron chi connectivity index (χ2n) is 10.9. The van der Waals surface area contributed by atoms with Crippen LogP contribution in [0.25, 0.3) is 22.3 Å². The first-order valence-corrected chi connectivity index (χ1v) is 14.1. The normalized spacial score (nSPS) is 15.2. The molecule has 4 rings (SSSR count). The van der Waals surface area contributed by atoms with Crippen molar-refractivity contribution in [1.29, 1.82) is 0 Å². The number of amidine groups is 2. The number of rotatable bonds is 11. The molecule has 1 fully saturated rings. The molecule has 0 saturated heterocycles. The van der Waals surface area contributed by atoms with Crippen molar-refractivity contribution < 1.29 is 4.79 Å². The Bertz CT molecular complexity index is 1360. The fraction of sp³-hybridized carbons (Fsp3) is 0.375. The lowest BCUT2D eigenvalue weighted by Gasteiger charge is -2.26. The topological polar surface area (TPSA) is 122 Å². The maximum Gasteiger partial charge on any atom is 0.215 e. The van der Waals surface area contributed by atoms with Gasteiger partial charge in [-0.15, -0.1) is 5.10 Å². The number of hydrazine groups is 1. The highest BCUT2D eigenvalue weighted by Gasteiger charge is 2.29. The van der Waals surface area contributed by atoms with Crippen LogP contribution in [0.3, 0.4) is 0 Å². The van der Waals surface area contributed by atoms with Gasteiger partial charge in [-0.3, -0.25) is 19.7 Å². The van der Waals surface area contributed by atoms with Crippen LogP contribution in [0.1, 0.15) is 75.5 Å². The number of hydrogen-bond donors (Lipinski definition) is 3. The van der Waals surface area contributed by atoms with Gasteiger partial charge in [0, 0.05) is 29.9 Å². The van der Waals surface area contributed by atoms with Gasteiger partial charge in [0.15, 0.2) is 5.84 Å². The van der Waals surface area contributed by atoms with Gasteiger partial charge in [-0.2, -0.15) is 0 Å². The van der Waals surface area contributed by atoms with Crippen molar-refractivity contribution in [3.8, 4) is 22.3 Å². The minimum Gasteiger partial charge on any atom is -0.382 e. The number of unbranched alkanes of at least 4 members (excludes halogenated alkanes) is 1. The lowest BCUT2D eigenvalue weighted by Crippen LogP contribution is -2.32. The molecule has 0 atom stereocenters. The fourth-order valence-electron chi connectivity index (χ4n) is 5.36. The third-order valence-corrected chi connectivity index (χ3v) is 7.60. The zero-order valence-corrected chi connectivity index (χ0v) is 23.9. The molecule has 40 heavy (non-hydrogen) atoms. The largest absolute Gasteiger partial charge is 0.382 e. The van der Waals surface area contributed by atoms with Crippen LogP contribution >= 0.6 is 0 Å². The van der Waals surface area contributed by atoms with E-state index in [1.165, 1.54) is 12.8 Å². The van der Waals surface area contributed by atoms with Crippen molar-refractivity contribution in [1.82, 2.24) is 15.4 Å². The number of aryl methyl sites for hydroxylation is 1. The van der Waals surface area contributed by atoms with Gasteiger partial charge in [0.25, 0.3) is 0 Å². The first-order chi connectivity index (χ1) is 19.4. The maximum absolute atomic E-state index is 12.3. The maximum atomic E-state index is 12.3. The van der Waals surface area contributed by atoms with Crippen LogP contribution < -0.4 is 17.1 Å². The number of benzene rings is 2. The van der Waals surface area contributed by atoms with E-state index in [1.807, 2.05) is 31.5 Å². The Labute approximate surface area is 237 Å². The Morgan fingerprint density at radius 2 is 1.80 bits per heavy atom. The van der Waals surface area contributed by atoms with Crippen molar-refractivity contribution in [2.45, 2.75) is 77.8 Å². The van der Waals surface area contributed by atoms with Crippen LogP contribution in [-0.2, 0) is 11.3 Å². The smallest absolute Gasteiger partial charge is 0.215 e. The number of aliphatic imine (C=N–C) groups is 1. The summed E-state index contributed by atoms with van der Waals surface area (Å²) in [6, 6.07) is 16.4. The monoisotopic (exact) mass is 539 g/mol. The summed E-state index contributed by atoms with van der Waals surface area (Å²) >= 11 is 0. The van der Waals surface area contributed by atoms with Gasteiger partial charge in [0.2, 0.25) is 6.41 Å². The van der Waals surface area contributed by atoms with E-state index in [0.29, 0.717) is 12.4 Å². The molecule has 3 aromatic rings. The van der Waals surface area contributed by atoms with Crippen molar-refractivity contribution in [2.24, 2.45) is 21.7 Å². The van der Waals surface area contributed by atoms with Crippen molar-refractivity contribution in [3.05, 3.63) is 77.6 Å². The second kappa shape index (κ2) is 13.3. The van der Waals surface area contributed by atoms with E-state index >= 15 is 0 Å². The molecule has 0 unspecified atom stereocenters. The van der Waals surface area contributed by atoms with Gasteiger partial charge in [-0.05, 0) is 79.1 Å². The van der Waals surface area contributed by atoms with Crippen LogP contribution in [0.4, 0.5) is 0 Å². The number of amides is 1. The number of carbonyl (C=O) groups is 1. The average molecular weight is 540 g/mol. The zero-order chi connectivity index (χ0) is 28.5. The lowest BCUT2D eigenvalue weighted by atomic mass is 9.93. The van der Waals surface area contributed by atoms with Crippen LogP contribution in [-0.4, -0.2) is 33.5 Å². The van der Waals surface area contributed by atoms with Gasteiger partial charge in [-0.25, -0.2) is 11.4 Å². The van der Waals surface area contributed by atoms with Crippen molar-refractivity contribution >= 4 is 18.1 Å². The van der Waals surface area contributed by atoms with Gasteiger partial charge >= 0.3 is 0 Å². The lowest BCUT2D eigenvalue weighted by molar-refractivity contribution is -0.115. The summed E-state index contributed by atoms with van der Waals surface area (Å²) in [5.41, 5.74) is 15.3. The average Bonchev–Trinajstić information content (AvgIpc) is 3.40. The molecule has 0 radical (unpaired) electrons. The number of hydrazone groups is 1. The van der Waals surface area contributed by atoms with Gasteiger partial charge in [0.1, 0.15) is 5.84 Å². The molecular weight excluding hydrogens is 498 g/mol. The van der Waals surface area contributed by atoms with Crippen molar-refractivity contribution in [2.75, 3.05) is 0 Å². The highest BCUT2D eigenvalue weighted by Crippen LogP contribution is 2.34. The number of nitrogens with one attached hydrogen (secondary N) is 1. The molecule has 0 aliphatic heterocycles. The minimum atomic E-state index is -0.0672. The Kier molecular flexibility index (Phi) is 9.66. The van der Waals surface area contributed by atoms with Gasteiger partial charge in [-0.1, -0.05) is 56.5 Å². The van der Waals surface area contributed by atoms with E-state index in [-0.39, 0.29) is 5.54 Å². The summed E-state index contributed by atoms with van der Waals surface area (Å²) in [4.78, 5) is 23.5. The molecule has 1 aliphatic carbocycles. The number of nitrogens with two attached hydrogens (primary N) is 2. The van der Waals surface area contributed by atoms with Crippen LogP contribution in [0, 0.1) is 6.92 Å². The molecule has 8 heteroatoms. The number of hydrogen-bond acceptors (Lipinski definition) is 6. The molecule has 5 N–H and O–H groups in total. The predicted octanol–water partition coefficient (Wildman–Crippen LogP) is 5.69. The SMILES string of the molecule is CCCCC(=NC1(C)CCCC1)N(C=O)Cc1ccc(-c2cc(-c3cncc(C)c3)ccc2/C(N)=N/NN)cc1. The summed E-state index contributed by atoms with van der Waals surface area (Å²) in [5, 5.41) is 4.01. The molecule has 1 aromatic heterocycles. The Morgan fingerprint density at radius 1 is 1.07 bits per heavy atom. The van der Waals surface area contributed by atoms with Gasteiger partial charge < -0.3 is 5.73 Å². The molecule has 8 nitrogen and oxygen atoms in total. The number of nitrogens with zero attached hydrogens (tertiary/aromatic N) is 4. The second-order valence-corrected chi connectivity index (χ2v) is 10.9. The van der Waals surface area contributed by atoms with E-state index in [1.54, 1.807) is 4.90 Å². The first-order valence-electron chi connectivity index (χ1n) is 14.1. The summed E-state index contributed by atoms with van der Waals surface area (Å²) in [6.45, 7) is 6.89. The molecular formula is C32H41N7O. The highest BCUT2D eigenvalue weighted by atomic mass is 16.1. The number of carbonyl (C=O) groups excluding carboxylic acids is 1. The van der Waals surface area contributed by atoms with Gasteiger partial charge in [0.05, 0.1) is 12.1 Å². The molecule has 1 aliphatic rings. The molecule has 1 heterocycles. The number of pyridine rings is 1. The highest BCUT2D eigenvalue weighted by molar-refractivity contribution is 6.04. The molecule has 1 saturated carbocycles. The van der Waals surface area contributed by atoms with Crippen LogP contribution in [0.5, 0.6) is 0 Å². The molecule has 1 amide bonds. The van der Waals surface area contributed by atoms with E-state index in [4.69, 9.17) is 16.6 Å². The molecule has 0 spiro atoms. The van der Waals surface area contributed by atoms with Crippen LogP contribution in [0.15, 0.2) is 71.0 Å². The molecule has 0 bridgehead atoms. The third-order valence-electron chi connectivity index (χ3n) is 7.60. The van der Waals surface area contributed by atoms with E-state index in [9.17, 15) is 4.79 Å². The predicted molar refractivity (Wildman–Crippen MR) is 163 cm³/mol. The van der Waals surface area contributed by atoms with Crippen LogP contribution in [0.2, 0.25) is 0 Å².